The van der Waals surface area contributed by atoms with Crippen LogP contribution in [0.2, 0.25) is 0 Å². The zero-order valence-electron chi connectivity index (χ0n) is 7.63. The van der Waals surface area contributed by atoms with E-state index in [1.165, 1.54) is 14.2 Å². The number of hydrogen-bond acceptors (Lipinski definition) is 3. The van der Waals surface area contributed by atoms with Gasteiger partial charge in [0.2, 0.25) is 10.1 Å². The van der Waals surface area contributed by atoms with Gasteiger partial charge >= 0.3 is 0 Å². The molecule has 0 aromatic carbocycles. The third-order valence-electron chi connectivity index (χ3n) is 1.23. The molecule has 0 N–H and O–H groups in total. The second-order valence-corrected chi connectivity index (χ2v) is 4.72. The molecule has 0 amide bonds. The molecule has 13 heavy (non-hydrogen) atoms. The zero-order chi connectivity index (χ0) is 10.4. The van der Waals surface area contributed by atoms with Gasteiger partial charge in [-0.25, -0.2) is 4.36 Å². The van der Waals surface area contributed by atoms with Gasteiger partial charge in [0.1, 0.15) is 0 Å². The van der Waals surface area contributed by atoms with Crippen molar-refractivity contribution in [2.45, 2.75) is 0 Å². The minimum atomic E-state index is -6.06. The highest BCUT2D eigenvalue weighted by Gasteiger charge is 2.31. The highest BCUT2D eigenvalue weighted by Crippen LogP contribution is 2.35. The lowest BCUT2D eigenvalue weighted by atomic mass is 10.7. The third kappa shape index (κ3) is 6.97. The fraction of sp³-hybridized carbons (Fsp3) is 1.00. The van der Waals surface area contributed by atoms with Crippen molar-refractivity contribution < 1.29 is 21.1 Å². The molecular formula is C6H14F3NO2S. The molecule has 0 bridgehead atoms. The van der Waals surface area contributed by atoms with Gasteiger partial charge in [-0.3, -0.25) is 0 Å². The lowest BCUT2D eigenvalue weighted by molar-refractivity contribution is 0.206. The van der Waals surface area contributed by atoms with E-state index in [0.717, 1.165) is 0 Å². The smallest absolute Gasteiger partial charge is 0.207 e. The van der Waals surface area contributed by atoms with E-state index in [0.29, 0.717) is 0 Å². The topological polar surface area (TPSA) is 30.8 Å². The Kier molecular flexibility index (Phi) is 4.87. The SMILES string of the molecule is COCCN=S(F)(F)(F)CCOC. The summed E-state index contributed by atoms with van der Waals surface area (Å²) in [6.07, 6.45) is 0. The Bertz CT molecular complexity index is 205. The van der Waals surface area contributed by atoms with Crippen molar-refractivity contribution in [3.63, 3.8) is 0 Å². The minimum absolute atomic E-state index is 0.00293. The molecule has 0 unspecified atom stereocenters. The van der Waals surface area contributed by atoms with Crippen LogP contribution in [0.15, 0.2) is 4.36 Å². The summed E-state index contributed by atoms with van der Waals surface area (Å²) in [5.41, 5.74) is 0. The quantitative estimate of drug-likeness (QED) is 0.640. The number of ether oxygens (including phenoxy) is 2. The summed E-state index contributed by atoms with van der Waals surface area (Å²) in [6.45, 7) is -0.662. The van der Waals surface area contributed by atoms with Crippen LogP contribution in [0.3, 0.4) is 0 Å². The molecule has 0 saturated heterocycles. The molecule has 0 aromatic rings. The molecule has 82 valence electrons. The van der Waals surface area contributed by atoms with Gasteiger partial charge in [-0.2, -0.15) is 0 Å². The van der Waals surface area contributed by atoms with Gasteiger partial charge in [0, 0.05) is 14.2 Å². The van der Waals surface area contributed by atoms with Crippen LogP contribution in [0, 0.1) is 0 Å². The average Bonchev–Trinajstić information content (AvgIpc) is 2.01. The second-order valence-electron chi connectivity index (χ2n) is 2.38. The molecular weight excluding hydrogens is 207 g/mol. The Morgan fingerprint density at radius 1 is 1.08 bits per heavy atom. The van der Waals surface area contributed by atoms with Crippen LogP contribution in [-0.2, 0) is 19.6 Å². The Hall–Kier alpha value is -0.140. The number of rotatable bonds is 6. The van der Waals surface area contributed by atoms with Gasteiger partial charge in [-0.15, -0.1) is 11.7 Å². The van der Waals surface area contributed by atoms with Crippen LogP contribution in [0.25, 0.3) is 0 Å². The summed E-state index contributed by atoms with van der Waals surface area (Å²) in [7, 11) is -3.49. The van der Waals surface area contributed by atoms with Crippen molar-refractivity contribution in [3.05, 3.63) is 0 Å². The molecule has 0 fully saturated rings. The van der Waals surface area contributed by atoms with Crippen molar-refractivity contribution in [2.24, 2.45) is 4.36 Å². The van der Waals surface area contributed by atoms with Crippen molar-refractivity contribution in [2.75, 3.05) is 39.7 Å². The van der Waals surface area contributed by atoms with E-state index in [9.17, 15) is 11.7 Å². The first-order chi connectivity index (χ1) is 5.89. The molecule has 0 aromatic heterocycles. The number of hydrogen-bond donors (Lipinski definition) is 0. The molecule has 0 radical (unpaired) electrons. The maximum Gasteiger partial charge on any atom is 0.207 e. The van der Waals surface area contributed by atoms with Crippen molar-refractivity contribution in [1.82, 2.24) is 0 Å². The van der Waals surface area contributed by atoms with E-state index in [4.69, 9.17) is 0 Å². The Balaban J connectivity index is 4.19. The van der Waals surface area contributed by atoms with Gasteiger partial charge in [-0.1, -0.05) is 0 Å². The lowest BCUT2D eigenvalue weighted by Gasteiger charge is -2.20. The maximum atomic E-state index is 12.8. The van der Waals surface area contributed by atoms with Gasteiger partial charge in [0.15, 0.2) is 0 Å². The summed E-state index contributed by atoms with van der Waals surface area (Å²) in [5, 5.41) is 0. The number of nitrogens with zero attached hydrogens (tertiary/aromatic N) is 1. The van der Waals surface area contributed by atoms with E-state index >= 15 is 0 Å². The summed E-state index contributed by atoms with van der Waals surface area (Å²) < 4.78 is 49.8. The molecule has 0 aliphatic rings. The number of halogens is 3. The molecule has 0 heterocycles. The molecule has 0 spiro atoms. The molecule has 0 saturated carbocycles. The average molecular weight is 221 g/mol. The molecule has 0 rings (SSSR count). The normalized spacial score (nSPS) is 15.0. The van der Waals surface area contributed by atoms with E-state index in [1.807, 2.05) is 0 Å². The van der Waals surface area contributed by atoms with E-state index in [1.54, 1.807) is 0 Å². The van der Waals surface area contributed by atoms with Crippen LogP contribution in [0.4, 0.5) is 11.7 Å². The van der Waals surface area contributed by atoms with Crippen LogP contribution in [0.1, 0.15) is 0 Å². The third-order valence-corrected chi connectivity index (χ3v) is 2.70. The Morgan fingerprint density at radius 3 is 2.08 bits per heavy atom. The molecule has 0 atom stereocenters. The van der Waals surface area contributed by atoms with E-state index in [2.05, 4.69) is 13.8 Å². The maximum absolute atomic E-state index is 12.8. The van der Waals surface area contributed by atoms with Gasteiger partial charge < -0.3 is 9.47 Å². The van der Waals surface area contributed by atoms with Crippen molar-refractivity contribution in [1.29, 1.82) is 0 Å². The summed E-state index contributed by atoms with van der Waals surface area (Å²) >= 11 is 0. The first-order valence-corrected chi connectivity index (χ1v) is 5.51. The molecule has 3 nitrogen and oxygen atoms in total. The van der Waals surface area contributed by atoms with Gasteiger partial charge in [0.05, 0.1) is 25.5 Å². The van der Waals surface area contributed by atoms with Crippen LogP contribution in [-0.4, -0.2) is 39.7 Å². The van der Waals surface area contributed by atoms with Crippen LogP contribution in [0.5, 0.6) is 0 Å². The van der Waals surface area contributed by atoms with Crippen LogP contribution < -0.4 is 0 Å². The number of methoxy groups -OCH3 is 2. The summed E-state index contributed by atoms with van der Waals surface area (Å²) in [5.74, 6) is -0.961. The first-order valence-electron chi connectivity index (χ1n) is 3.64. The van der Waals surface area contributed by atoms with E-state index in [-0.39, 0.29) is 19.8 Å². The summed E-state index contributed by atoms with van der Waals surface area (Å²) in [4.78, 5) is 0. The highest BCUT2D eigenvalue weighted by atomic mass is 32.4. The predicted octanol–water partition coefficient (Wildman–Crippen LogP) is 1.81. The lowest BCUT2D eigenvalue weighted by Crippen LogP contribution is -2.21. The van der Waals surface area contributed by atoms with Crippen molar-refractivity contribution >= 4 is 10.1 Å². The Morgan fingerprint density at radius 2 is 1.62 bits per heavy atom. The first kappa shape index (κ1) is 12.9. The standard InChI is InChI=1S/C6H14F3NO2S/c1-11-4-3-10-13(7,8,9)6-5-12-2/h3-6H2,1-2H3. The zero-order valence-corrected chi connectivity index (χ0v) is 8.45. The highest BCUT2D eigenvalue weighted by molar-refractivity contribution is 8.08. The van der Waals surface area contributed by atoms with Crippen LogP contribution >= 0.6 is 0 Å². The van der Waals surface area contributed by atoms with Crippen molar-refractivity contribution in [3.8, 4) is 0 Å². The molecule has 0 aliphatic carbocycles. The molecule has 0 aliphatic heterocycles. The van der Waals surface area contributed by atoms with Gasteiger partial charge in [0.25, 0.3) is 0 Å². The fourth-order valence-electron chi connectivity index (χ4n) is 0.576. The largest absolute Gasteiger partial charge is 0.384 e. The fourth-order valence-corrected chi connectivity index (χ4v) is 1.55. The van der Waals surface area contributed by atoms with E-state index < -0.39 is 15.9 Å². The predicted molar refractivity (Wildman–Crippen MR) is 46.6 cm³/mol. The molecule has 7 heteroatoms. The van der Waals surface area contributed by atoms with Gasteiger partial charge in [-0.05, 0) is 0 Å². The Labute approximate surface area is 76.1 Å². The summed E-state index contributed by atoms with van der Waals surface area (Å²) in [6, 6.07) is 0. The minimum Gasteiger partial charge on any atom is -0.384 e. The monoisotopic (exact) mass is 221 g/mol. The second kappa shape index (κ2) is 4.92.